The summed E-state index contributed by atoms with van der Waals surface area (Å²) in [6.07, 6.45) is -2.93. The first kappa shape index (κ1) is 24.4. The summed E-state index contributed by atoms with van der Waals surface area (Å²) in [6.45, 7) is 0. The molecule has 0 saturated carbocycles. The van der Waals surface area contributed by atoms with Crippen molar-refractivity contribution in [2.24, 2.45) is 0 Å². The third-order valence-electron chi connectivity index (χ3n) is 6.17. The number of fused-ring (bicyclic) bond motifs is 1. The number of carbonyl (C=O) groups excluding carboxylic acids is 1. The van der Waals surface area contributed by atoms with Crippen molar-refractivity contribution in [2.75, 3.05) is 5.32 Å². The Kier molecular flexibility index (Phi) is 6.14. The minimum absolute atomic E-state index is 0.0732. The summed E-state index contributed by atoms with van der Waals surface area (Å²) in [6, 6.07) is 20.0. The number of nitrogens with one attached hydrogen (secondary N) is 1. The topological polar surface area (TPSA) is 95.6 Å². The summed E-state index contributed by atoms with van der Waals surface area (Å²) in [5, 5.41) is 22.5. The van der Waals surface area contributed by atoms with Crippen molar-refractivity contribution in [3.8, 4) is 17.0 Å². The van der Waals surface area contributed by atoms with Gasteiger partial charge in [0.05, 0.1) is 12.0 Å². The highest BCUT2D eigenvalue weighted by Crippen LogP contribution is 2.32. The number of benzene rings is 3. The number of nitrogens with zero attached hydrogens (tertiary/aromatic N) is 2. The first-order chi connectivity index (χ1) is 17.7. The Labute approximate surface area is 209 Å². The van der Waals surface area contributed by atoms with Crippen LogP contribution in [0, 0.1) is 0 Å². The van der Waals surface area contributed by atoms with Crippen LogP contribution in [0.2, 0.25) is 0 Å². The molecule has 0 unspecified atom stereocenters. The molecule has 2 heterocycles. The third-order valence-corrected chi connectivity index (χ3v) is 6.17. The van der Waals surface area contributed by atoms with E-state index in [1.54, 1.807) is 12.1 Å². The standard InChI is InChI=1S/C27H20F3N3O4/c28-27(29,30)20-10-6-18(7-11-20)15-26(37-36)25(35)33-16-23(19-8-12-21(34)13-9-19)31-22(24(33)32-26)14-17-4-2-1-3-5-17/h1-13,16,34,36H,14-15H2/p+1/t26-/m0/s1. The molecule has 10 heteroatoms. The molecule has 4 aromatic rings. The normalized spacial score (nSPS) is 16.9. The van der Waals surface area contributed by atoms with Gasteiger partial charge in [-0.2, -0.15) is 22.6 Å². The number of aromatic hydroxyl groups is 1. The number of hydrogen-bond donors (Lipinski definition) is 3. The smallest absolute Gasteiger partial charge is 0.416 e. The molecule has 0 aliphatic carbocycles. The number of carbonyl (C=O) groups is 1. The van der Waals surface area contributed by atoms with Crippen LogP contribution in [0.1, 0.15) is 27.2 Å². The first-order valence-corrected chi connectivity index (χ1v) is 11.3. The van der Waals surface area contributed by atoms with Crippen LogP contribution in [0.15, 0.2) is 85.1 Å². The second-order valence-corrected chi connectivity index (χ2v) is 8.72. The van der Waals surface area contributed by atoms with Crippen molar-refractivity contribution in [1.82, 2.24) is 4.98 Å². The lowest BCUT2D eigenvalue weighted by molar-refractivity contribution is -0.558. The maximum absolute atomic E-state index is 13.6. The molecule has 0 fully saturated rings. The zero-order chi connectivity index (χ0) is 26.2. The number of hydrogen-bond acceptors (Lipinski definition) is 6. The van der Waals surface area contributed by atoms with Gasteiger partial charge in [-0.25, -0.2) is 20.4 Å². The molecule has 0 saturated heterocycles. The van der Waals surface area contributed by atoms with Crippen LogP contribution in [0.3, 0.4) is 0 Å². The summed E-state index contributed by atoms with van der Waals surface area (Å²) in [5.41, 5.74) is 0.0112. The highest BCUT2D eigenvalue weighted by molar-refractivity contribution is 5.86. The number of aromatic nitrogens is 2. The Balaban J connectivity index is 1.56. The van der Waals surface area contributed by atoms with Gasteiger partial charge >= 0.3 is 23.6 Å². The highest BCUT2D eigenvalue weighted by Gasteiger charge is 2.57. The first-order valence-electron chi connectivity index (χ1n) is 11.3. The summed E-state index contributed by atoms with van der Waals surface area (Å²) < 4.78 is 40.2. The molecule has 1 aliphatic rings. The minimum Gasteiger partial charge on any atom is -0.508 e. The molecule has 0 bridgehead atoms. The molecular weight excluding hydrogens is 487 g/mol. The van der Waals surface area contributed by atoms with Gasteiger partial charge in [0.1, 0.15) is 23.3 Å². The maximum atomic E-state index is 13.6. The van der Waals surface area contributed by atoms with E-state index < -0.39 is 23.4 Å². The largest absolute Gasteiger partial charge is 0.508 e. The molecule has 37 heavy (non-hydrogen) atoms. The molecule has 3 aromatic carbocycles. The zero-order valence-corrected chi connectivity index (χ0v) is 19.2. The van der Waals surface area contributed by atoms with Crippen LogP contribution in [-0.4, -0.2) is 27.0 Å². The Bertz CT molecular complexity index is 1440. The van der Waals surface area contributed by atoms with Gasteiger partial charge < -0.3 is 5.11 Å². The van der Waals surface area contributed by atoms with Crippen LogP contribution < -0.4 is 9.88 Å². The predicted octanol–water partition coefficient (Wildman–Crippen LogP) is 4.85. The fourth-order valence-electron chi connectivity index (χ4n) is 4.28. The van der Waals surface area contributed by atoms with E-state index in [4.69, 9.17) is 9.87 Å². The Morgan fingerprint density at radius 2 is 1.62 bits per heavy atom. The summed E-state index contributed by atoms with van der Waals surface area (Å²) in [5.74, 6) is -0.303. The van der Waals surface area contributed by atoms with E-state index in [0.29, 0.717) is 28.9 Å². The molecule has 0 amide bonds. The quantitative estimate of drug-likeness (QED) is 0.196. The van der Waals surface area contributed by atoms with Crippen molar-refractivity contribution in [1.29, 1.82) is 0 Å². The fraction of sp³-hybridized carbons (Fsp3) is 0.148. The van der Waals surface area contributed by atoms with Crippen molar-refractivity contribution in [2.45, 2.75) is 24.7 Å². The lowest BCUT2D eigenvalue weighted by atomic mass is 10.0. The molecular formula is C27H21F3N3O4+. The molecule has 3 N–H and O–H groups in total. The average Bonchev–Trinajstić information content (AvgIpc) is 3.17. The maximum Gasteiger partial charge on any atom is 0.416 e. The van der Waals surface area contributed by atoms with Gasteiger partial charge in [0.2, 0.25) is 0 Å². The second-order valence-electron chi connectivity index (χ2n) is 8.72. The second kappa shape index (κ2) is 9.30. The van der Waals surface area contributed by atoms with Crippen molar-refractivity contribution in [3.63, 3.8) is 0 Å². The molecule has 188 valence electrons. The number of rotatable bonds is 6. The third kappa shape index (κ3) is 4.76. The number of phenols is 1. The van der Waals surface area contributed by atoms with E-state index >= 15 is 0 Å². The van der Waals surface area contributed by atoms with Crippen LogP contribution in [-0.2, 0) is 23.9 Å². The van der Waals surface area contributed by atoms with Gasteiger partial charge in [-0.1, -0.05) is 42.5 Å². The van der Waals surface area contributed by atoms with Crippen molar-refractivity contribution >= 4 is 11.7 Å². The Morgan fingerprint density at radius 3 is 2.24 bits per heavy atom. The SMILES string of the molecule is O=C1[n+]2cc(-c3ccc(O)cc3)nc(Cc3ccccc3)c2N[C@@]1(Cc1ccc(C(F)(F)F)cc1)OO. The number of anilines is 1. The van der Waals surface area contributed by atoms with Gasteiger partial charge in [-0.05, 0) is 47.5 Å². The van der Waals surface area contributed by atoms with E-state index in [0.717, 1.165) is 17.7 Å². The van der Waals surface area contributed by atoms with Gasteiger partial charge in [-0.15, -0.1) is 0 Å². The van der Waals surface area contributed by atoms with E-state index in [-0.39, 0.29) is 18.0 Å². The Hall–Kier alpha value is -4.28. The zero-order valence-electron chi connectivity index (χ0n) is 19.2. The number of alkyl halides is 3. The van der Waals surface area contributed by atoms with E-state index in [2.05, 4.69) is 5.32 Å². The molecule has 1 atom stereocenters. The van der Waals surface area contributed by atoms with Crippen LogP contribution in [0.4, 0.5) is 19.0 Å². The lowest BCUT2D eigenvalue weighted by Crippen LogP contribution is -2.54. The monoisotopic (exact) mass is 508 g/mol. The van der Waals surface area contributed by atoms with Gasteiger partial charge in [0.25, 0.3) is 0 Å². The summed E-state index contributed by atoms with van der Waals surface area (Å²) >= 11 is 0. The lowest BCUT2D eigenvalue weighted by Gasteiger charge is -2.18. The molecule has 0 spiro atoms. The summed E-state index contributed by atoms with van der Waals surface area (Å²) in [7, 11) is 0. The van der Waals surface area contributed by atoms with Crippen LogP contribution in [0.5, 0.6) is 5.75 Å². The molecule has 0 radical (unpaired) electrons. The van der Waals surface area contributed by atoms with E-state index in [1.165, 1.54) is 35.0 Å². The molecule has 1 aromatic heterocycles. The van der Waals surface area contributed by atoms with E-state index in [9.17, 15) is 28.3 Å². The fourth-order valence-corrected chi connectivity index (χ4v) is 4.28. The van der Waals surface area contributed by atoms with Crippen molar-refractivity contribution in [3.05, 3.63) is 107 Å². The highest BCUT2D eigenvalue weighted by atomic mass is 19.4. The van der Waals surface area contributed by atoms with Crippen LogP contribution in [0.25, 0.3) is 11.3 Å². The van der Waals surface area contributed by atoms with E-state index in [1.807, 2.05) is 30.3 Å². The molecule has 7 nitrogen and oxygen atoms in total. The van der Waals surface area contributed by atoms with Crippen molar-refractivity contribution < 1.29 is 37.8 Å². The van der Waals surface area contributed by atoms with Gasteiger partial charge in [-0.3, -0.25) is 0 Å². The summed E-state index contributed by atoms with van der Waals surface area (Å²) in [4.78, 5) is 23.0. The van der Waals surface area contributed by atoms with Gasteiger partial charge in [0.15, 0.2) is 0 Å². The molecule has 5 rings (SSSR count). The Morgan fingerprint density at radius 1 is 0.946 bits per heavy atom. The van der Waals surface area contributed by atoms with Crippen LogP contribution >= 0.6 is 0 Å². The average molecular weight is 508 g/mol. The van der Waals surface area contributed by atoms with Gasteiger partial charge in [0, 0.05) is 12.0 Å². The minimum atomic E-state index is -4.50. The predicted molar refractivity (Wildman–Crippen MR) is 127 cm³/mol. The number of halogens is 3. The number of phenolic OH excluding ortho intramolecular Hbond substituents is 1. The molecule has 1 aliphatic heterocycles.